The lowest BCUT2D eigenvalue weighted by molar-refractivity contribution is -0.137. The molecule has 1 saturated carbocycles. The van der Waals surface area contributed by atoms with Gasteiger partial charge in [-0.25, -0.2) is 0 Å². The lowest BCUT2D eigenvalue weighted by Crippen LogP contribution is -2.34. The van der Waals surface area contributed by atoms with Crippen molar-refractivity contribution in [1.29, 1.82) is 0 Å². The third-order valence-electron chi connectivity index (χ3n) is 3.93. The average molecular weight is 271 g/mol. The van der Waals surface area contributed by atoms with Gasteiger partial charge in [0.1, 0.15) is 0 Å². The quantitative estimate of drug-likeness (QED) is 0.890. The van der Waals surface area contributed by atoms with Crippen LogP contribution in [0, 0.1) is 0 Å². The minimum Gasteiger partial charge on any atom is -0.368 e. The van der Waals surface area contributed by atoms with Crippen molar-refractivity contribution in [2.24, 2.45) is 0 Å². The second-order valence-corrected chi connectivity index (χ2v) is 5.22. The number of fused-ring (bicyclic) bond motifs is 2. The number of hydrogen-bond donors (Lipinski definition) is 1. The SMILES string of the molecule is CCN[C@@H]1COC2(CC2)c2cc(C(F)(F)F)ccc21. The molecule has 0 aromatic heterocycles. The Hall–Kier alpha value is -1.07. The van der Waals surface area contributed by atoms with E-state index in [9.17, 15) is 13.2 Å². The van der Waals surface area contributed by atoms with Gasteiger partial charge in [0, 0.05) is 0 Å². The molecule has 0 unspecified atom stereocenters. The van der Waals surface area contributed by atoms with E-state index in [1.54, 1.807) is 6.07 Å². The van der Waals surface area contributed by atoms with E-state index >= 15 is 0 Å². The van der Waals surface area contributed by atoms with Gasteiger partial charge in [-0.2, -0.15) is 13.2 Å². The molecule has 2 nitrogen and oxygen atoms in total. The molecule has 104 valence electrons. The molecule has 1 atom stereocenters. The fourth-order valence-corrected chi connectivity index (χ4v) is 2.78. The second-order valence-electron chi connectivity index (χ2n) is 5.22. The Morgan fingerprint density at radius 1 is 1.37 bits per heavy atom. The van der Waals surface area contributed by atoms with E-state index in [1.807, 2.05) is 6.92 Å². The second kappa shape index (κ2) is 4.21. The highest BCUT2D eigenvalue weighted by molar-refractivity contribution is 5.43. The number of benzene rings is 1. The molecule has 19 heavy (non-hydrogen) atoms. The van der Waals surface area contributed by atoms with Gasteiger partial charge >= 0.3 is 6.18 Å². The number of rotatable bonds is 2. The first-order valence-electron chi connectivity index (χ1n) is 6.55. The van der Waals surface area contributed by atoms with Crippen LogP contribution in [-0.4, -0.2) is 13.2 Å². The Morgan fingerprint density at radius 2 is 2.11 bits per heavy atom. The van der Waals surface area contributed by atoms with E-state index in [1.165, 1.54) is 12.1 Å². The number of ether oxygens (including phenoxy) is 1. The highest BCUT2D eigenvalue weighted by Gasteiger charge is 2.51. The Kier molecular flexibility index (Phi) is 2.87. The monoisotopic (exact) mass is 271 g/mol. The summed E-state index contributed by atoms with van der Waals surface area (Å²) in [7, 11) is 0. The van der Waals surface area contributed by atoms with Crippen LogP contribution in [0.15, 0.2) is 18.2 Å². The molecule has 5 heteroatoms. The van der Waals surface area contributed by atoms with Crippen molar-refractivity contribution < 1.29 is 17.9 Å². The fraction of sp³-hybridized carbons (Fsp3) is 0.571. The summed E-state index contributed by atoms with van der Waals surface area (Å²) in [6, 6.07) is 4.04. The minimum absolute atomic E-state index is 0.00601. The van der Waals surface area contributed by atoms with Gasteiger partial charge in [0.05, 0.1) is 23.8 Å². The summed E-state index contributed by atoms with van der Waals surface area (Å²) in [4.78, 5) is 0. The van der Waals surface area contributed by atoms with Gasteiger partial charge in [-0.05, 0) is 42.6 Å². The van der Waals surface area contributed by atoms with Gasteiger partial charge in [0.2, 0.25) is 0 Å². The molecular formula is C14H16F3NO. The molecule has 2 aliphatic rings. The molecule has 1 aromatic carbocycles. The van der Waals surface area contributed by atoms with E-state index < -0.39 is 17.3 Å². The van der Waals surface area contributed by atoms with Crippen LogP contribution in [0.1, 0.15) is 42.5 Å². The van der Waals surface area contributed by atoms with Crippen LogP contribution in [0.5, 0.6) is 0 Å². The first kappa shape index (κ1) is 12.9. The van der Waals surface area contributed by atoms with E-state index in [0.29, 0.717) is 6.61 Å². The molecule has 0 amide bonds. The Bertz CT molecular complexity index is 494. The van der Waals surface area contributed by atoms with Crippen molar-refractivity contribution in [1.82, 2.24) is 5.32 Å². The summed E-state index contributed by atoms with van der Waals surface area (Å²) in [6.45, 7) is 3.28. The number of hydrogen-bond acceptors (Lipinski definition) is 2. The van der Waals surface area contributed by atoms with Crippen molar-refractivity contribution in [3.8, 4) is 0 Å². The largest absolute Gasteiger partial charge is 0.416 e. The van der Waals surface area contributed by atoms with E-state index in [4.69, 9.17) is 4.74 Å². The van der Waals surface area contributed by atoms with E-state index in [-0.39, 0.29) is 6.04 Å². The maximum absolute atomic E-state index is 12.8. The predicted molar refractivity (Wildman–Crippen MR) is 64.7 cm³/mol. The zero-order valence-corrected chi connectivity index (χ0v) is 10.7. The van der Waals surface area contributed by atoms with E-state index in [0.717, 1.165) is 30.5 Å². The highest BCUT2D eigenvalue weighted by Crippen LogP contribution is 2.54. The van der Waals surface area contributed by atoms with Crippen LogP contribution in [0.25, 0.3) is 0 Å². The molecule has 3 rings (SSSR count). The zero-order chi connectivity index (χ0) is 13.7. The Labute approximate surface area is 109 Å². The number of halogens is 3. The van der Waals surface area contributed by atoms with Crippen molar-refractivity contribution in [2.45, 2.75) is 37.6 Å². The summed E-state index contributed by atoms with van der Waals surface area (Å²) >= 11 is 0. The van der Waals surface area contributed by atoms with Crippen LogP contribution in [-0.2, 0) is 16.5 Å². The van der Waals surface area contributed by atoms with Crippen LogP contribution < -0.4 is 5.32 Å². The Balaban J connectivity index is 2.04. The molecule has 1 aliphatic heterocycles. The molecule has 0 saturated heterocycles. The standard InChI is InChI=1S/C14H16F3NO/c1-2-18-12-8-19-13(5-6-13)11-7-9(14(15,16)17)3-4-10(11)12/h3-4,7,12,18H,2,5-6,8H2,1H3/t12-/m1/s1. The molecule has 1 fully saturated rings. The lowest BCUT2D eigenvalue weighted by Gasteiger charge is -2.33. The fourth-order valence-electron chi connectivity index (χ4n) is 2.78. The van der Waals surface area contributed by atoms with Crippen LogP contribution in [0.3, 0.4) is 0 Å². The third kappa shape index (κ3) is 2.15. The van der Waals surface area contributed by atoms with Crippen LogP contribution >= 0.6 is 0 Å². The van der Waals surface area contributed by atoms with Gasteiger partial charge in [0.15, 0.2) is 0 Å². The normalized spacial score (nSPS) is 24.3. The molecule has 0 bridgehead atoms. The maximum Gasteiger partial charge on any atom is 0.416 e. The molecule has 0 radical (unpaired) electrons. The van der Waals surface area contributed by atoms with Crippen molar-refractivity contribution in [2.75, 3.05) is 13.2 Å². The molecule has 1 aliphatic carbocycles. The highest BCUT2D eigenvalue weighted by atomic mass is 19.4. The van der Waals surface area contributed by atoms with Gasteiger partial charge in [0.25, 0.3) is 0 Å². The summed E-state index contributed by atoms with van der Waals surface area (Å²) < 4.78 is 44.3. The smallest absolute Gasteiger partial charge is 0.368 e. The van der Waals surface area contributed by atoms with Gasteiger partial charge in [-0.1, -0.05) is 13.0 Å². The molecule has 1 spiro atoms. The minimum atomic E-state index is -4.30. The molecule has 1 N–H and O–H groups in total. The molecule has 1 aromatic rings. The summed E-state index contributed by atoms with van der Waals surface area (Å²) in [5.74, 6) is 0. The van der Waals surface area contributed by atoms with Crippen LogP contribution in [0.2, 0.25) is 0 Å². The summed E-state index contributed by atoms with van der Waals surface area (Å²) in [6.07, 6.45) is -2.66. The zero-order valence-electron chi connectivity index (χ0n) is 10.7. The maximum atomic E-state index is 12.8. The van der Waals surface area contributed by atoms with E-state index in [2.05, 4.69) is 5.32 Å². The first-order chi connectivity index (χ1) is 8.96. The molecule has 1 heterocycles. The summed E-state index contributed by atoms with van der Waals surface area (Å²) in [5, 5.41) is 3.26. The average Bonchev–Trinajstić information content (AvgIpc) is 3.13. The predicted octanol–water partition coefficient (Wildman–Crippen LogP) is 3.38. The number of nitrogens with one attached hydrogen (secondary N) is 1. The Morgan fingerprint density at radius 3 is 2.68 bits per heavy atom. The first-order valence-corrected chi connectivity index (χ1v) is 6.55. The van der Waals surface area contributed by atoms with Crippen molar-refractivity contribution in [3.63, 3.8) is 0 Å². The topological polar surface area (TPSA) is 21.3 Å². The summed E-state index contributed by atoms with van der Waals surface area (Å²) in [5.41, 5.74) is 0.652. The van der Waals surface area contributed by atoms with Crippen molar-refractivity contribution >= 4 is 0 Å². The van der Waals surface area contributed by atoms with Gasteiger partial charge < -0.3 is 10.1 Å². The van der Waals surface area contributed by atoms with Gasteiger partial charge in [-0.3, -0.25) is 0 Å². The van der Waals surface area contributed by atoms with Gasteiger partial charge in [-0.15, -0.1) is 0 Å². The lowest BCUT2D eigenvalue weighted by atomic mass is 9.90. The number of alkyl halides is 3. The van der Waals surface area contributed by atoms with Crippen molar-refractivity contribution in [3.05, 3.63) is 34.9 Å². The third-order valence-corrected chi connectivity index (χ3v) is 3.93. The number of likely N-dealkylation sites (N-methyl/N-ethyl adjacent to an activating group) is 1. The molecular weight excluding hydrogens is 255 g/mol. The van der Waals surface area contributed by atoms with Crippen LogP contribution in [0.4, 0.5) is 13.2 Å².